The molecule has 2 atom stereocenters. The Hall–Kier alpha value is -2.74. The highest BCUT2D eigenvalue weighted by atomic mass is 32.2. The van der Waals surface area contributed by atoms with Crippen molar-refractivity contribution in [2.24, 2.45) is 0 Å². The first-order valence-corrected chi connectivity index (χ1v) is 12.0. The van der Waals surface area contributed by atoms with Crippen molar-refractivity contribution in [2.45, 2.75) is 23.9 Å². The lowest BCUT2D eigenvalue weighted by atomic mass is 10.0. The summed E-state index contributed by atoms with van der Waals surface area (Å²) in [7, 11) is -3.70. The summed E-state index contributed by atoms with van der Waals surface area (Å²) < 4.78 is 29.5. The highest BCUT2D eigenvalue weighted by Gasteiger charge is 2.41. The van der Waals surface area contributed by atoms with Gasteiger partial charge in [0.2, 0.25) is 15.9 Å². The van der Waals surface area contributed by atoms with Crippen molar-refractivity contribution in [1.82, 2.24) is 14.5 Å². The largest absolute Gasteiger partial charge is 0.340 e. The average molecular weight is 436 g/mol. The number of piperazine rings is 1. The van der Waals surface area contributed by atoms with Crippen LogP contribution in [0, 0.1) is 0 Å². The number of benzene rings is 3. The quantitative estimate of drug-likeness (QED) is 0.684. The second-order valence-corrected chi connectivity index (χ2v) is 9.91. The van der Waals surface area contributed by atoms with Crippen molar-refractivity contribution in [3.8, 4) is 0 Å². The van der Waals surface area contributed by atoms with Crippen molar-refractivity contribution in [3.63, 3.8) is 0 Å². The summed E-state index contributed by atoms with van der Waals surface area (Å²) in [6.07, 6.45) is 0. The molecule has 0 aromatic heterocycles. The molecule has 1 amide bonds. The molecule has 3 aromatic rings. The van der Waals surface area contributed by atoms with Gasteiger partial charge in [-0.3, -0.25) is 9.69 Å². The number of hydrogen-bond donors (Lipinski definition) is 1. The Morgan fingerprint density at radius 1 is 0.871 bits per heavy atom. The van der Waals surface area contributed by atoms with Crippen molar-refractivity contribution in [2.75, 3.05) is 26.2 Å². The molecule has 2 aliphatic rings. The Labute approximate surface area is 182 Å². The second kappa shape index (κ2) is 7.75. The lowest BCUT2D eigenvalue weighted by Gasteiger charge is -2.40. The maximum atomic E-state index is 13.2. The molecule has 0 unspecified atom stereocenters. The molecule has 1 N–H and O–H groups in total. The first kappa shape index (κ1) is 20.2. The van der Waals surface area contributed by atoms with Gasteiger partial charge in [-0.1, -0.05) is 54.6 Å². The van der Waals surface area contributed by atoms with E-state index in [0.717, 1.165) is 21.9 Å². The van der Waals surface area contributed by atoms with Gasteiger partial charge in [0, 0.05) is 33.1 Å². The SMILES string of the molecule is CC(=O)N1CCN([C@@H]2c3cccc4cccc(c34)[C@@H]2NS(=O)(=O)c2ccccc2)CC1. The standard InChI is InChI=1S/C24H25N3O3S/c1-17(28)26-13-15-27(16-14-26)24-21-12-6-8-18-7-5-11-20(22(18)21)23(24)25-31(29,30)19-9-3-2-4-10-19/h2-12,23-25H,13-16H2,1H3/t23-,24+/m0/s1. The third-order valence-electron chi connectivity index (χ3n) is 6.43. The van der Waals surface area contributed by atoms with Gasteiger partial charge in [-0.05, 0) is 34.0 Å². The molecule has 7 heteroatoms. The lowest BCUT2D eigenvalue weighted by molar-refractivity contribution is -0.130. The molecule has 3 aromatic carbocycles. The topological polar surface area (TPSA) is 69.7 Å². The first-order chi connectivity index (χ1) is 15.0. The number of sulfonamides is 1. The fourth-order valence-electron chi connectivity index (χ4n) is 4.94. The van der Waals surface area contributed by atoms with Crippen molar-refractivity contribution < 1.29 is 13.2 Å². The van der Waals surface area contributed by atoms with Crippen LogP contribution < -0.4 is 4.72 Å². The molecule has 31 heavy (non-hydrogen) atoms. The molecule has 6 nitrogen and oxygen atoms in total. The van der Waals surface area contributed by atoms with Gasteiger partial charge in [0.05, 0.1) is 17.0 Å². The Morgan fingerprint density at radius 3 is 2.16 bits per heavy atom. The summed E-state index contributed by atoms with van der Waals surface area (Å²) in [6, 6.07) is 20.3. The fourth-order valence-corrected chi connectivity index (χ4v) is 6.18. The van der Waals surface area contributed by atoms with E-state index in [-0.39, 0.29) is 16.8 Å². The molecule has 1 aliphatic carbocycles. The molecule has 1 heterocycles. The van der Waals surface area contributed by atoms with E-state index in [1.165, 1.54) is 0 Å². The van der Waals surface area contributed by atoms with E-state index < -0.39 is 16.1 Å². The van der Waals surface area contributed by atoms with Crippen LogP contribution in [-0.2, 0) is 14.8 Å². The molecule has 1 saturated heterocycles. The molecule has 1 fully saturated rings. The van der Waals surface area contributed by atoms with Gasteiger partial charge in [-0.25, -0.2) is 13.1 Å². The predicted octanol–water partition coefficient (Wildman–Crippen LogP) is 3.08. The number of carbonyl (C=O) groups is 1. The number of amides is 1. The monoisotopic (exact) mass is 435 g/mol. The van der Waals surface area contributed by atoms with Crippen LogP contribution in [0.5, 0.6) is 0 Å². The van der Waals surface area contributed by atoms with Crippen LogP contribution in [-0.4, -0.2) is 50.3 Å². The summed E-state index contributed by atoms with van der Waals surface area (Å²) in [5, 5.41) is 2.24. The number of nitrogens with one attached hydrogen (secondary N) is 1. The zero-order valence-electron chi connectivity index (χ0n) is 17.4. The minimum absolute atomic E-state index is 0.0813. The van der Waals surface area contributed by atoms with Crippen LogP contribution in [0.3, 0.4) is 0 Å². The van der Waals surface area contributed by atoms with Crippen LogP contribution in [0.15, 0.2) is 71.6 Å². The van der Waals surface area contributed by atoms with Gasteiger partial charge in [0.15, 0.2) is 0 Å². The molecule has 1 aliphatic heterocycles. The predicted molar refractivity (Wildman–Crippen MR) is 120 cm³/mol. The number of hydrogen-bond acceptors (Lipinski definition) is 4. The normalized spacial score (nSPS) is 21.5. The molecule has 5 rings (SSSR count). The lowest BCUT2D eigenvalue weighted by Crippen LogP contribution is -2.50. The van der Waals surface area contributed by atoms with E-state index in [9.17, 15) is 13.2 Å². The minimum atomic E-state index is -3.70. The highest BCUT2D eigenvalue weighted by Crippen LogP contribution is 2.47. The summed E-state index contributed by atoms with van der Waals surface area (Å²) in [4.78, 5) is 16.2. The van der Waals surface area contributed by atoms with Crippen LogP contribution >= 0.6 is 0 Å². The number of carbonyl (C=O) groups excluding carboxylic acids is 1. The van der Waals surface area contributed by atoms with E-state index in [1.807, 2.05) is 29.2 Å². The van der Waals surface area contributed by atoms with Gasteiger partial charge < -0.3 is 4.90 Å². The number of rotatable bonds is 4. The van der Waals surface area contributed by atoms with E-state index in [2.05, 4.69) is 27.8 Å². The third-order valence-corrected chi connectivity index (χ3v) is 7.88. The van der Waals surface area contributed by atoms with E-state index in [0.29, 0.717) is 26.2 Å². The van der Waals surface area contributed by atoms with E-state index >= 15 is 0 Å². The van der Waals surface area contributed by atoms with Gasteiger partial charge in [0.1, 0.15) is 0 Å². The van der Waals surface area contributed by atoms with E-state index in [1.54, 1.807) is 31.2 Å². The molecule has 160 valence electrons. The van der Waals surface area contributed by atoms with Gasteiger partial charge in [-0.2, -0.15) is 0 Å². The molecule has 0 bridgehead atoms. The van der Waals surface area contributed by atoms with Crippen molar-refractivity contribution in [3.05, 3.63) is 77.9 Å². The summed E-state index contributed by atoms with van der Waals surface area (Å²) in [5.41, 5.74) is 2.15. The van der Waals surface area contributed by atoms with E-state index in [4.69, 9.17) is 0 Å². The van der Waals surface area contributed by atoms with Crippen LogP contribution in [0.1, 0.15) is 30.1 Å². The van der Waals surface area contributed by atoms with Gasteiger partial charge in [-0.15, -0.1) is 0 Å². The second-order valence-electron chi connectivity index (χ2n) is 8.19. The van der Waals surface area contributed by atoms with Crippen LogP contribution in [0.2, 0.25) is 0 Å². The molecular weight excluding hydrogens is 410 g/mol. The van der Waals surface area contributed by atoms with Crippen molar-refractivity contribution >= 4 is 26.7 Å². The maximum absolute atomic E-state index is 13.2. The highest BCUT2D eigenvalue weighted by molar-refractivity contribution is 7.89. The summed E-state index contributed by atoms with van der Waals surface area (Å²) >= 11 is 0. The average Bonchev–Trinajstić information content (AvgIpc) is 3.09. The van der Waals surface area contributed by atoms with Crippen LogP contribution in [0.4, 0.5) is 0 Å². The third kappa shape index (κ3) is 3.52. The van der Waals surface area contributed by atoms with Crippen molar-refractivity contribution in [1.29, 1.82) is 0 Å². The zero-order chi connectivity index (χ0) is 21.6. The Morgan fingerprint density at radius 2 is 1.52 bits per heavy atom. The Bertz CT molecular complexity index is 1230. The maximum Gasteiger partial charge on any atom is 0.241 e. The molecule has 0 spiro atoms. The molecular formula is C24H25N3O3S. The Balaban J connectivity index is 1.55. The fraction of sp³-hybridized carbons (Fsp3) is 0.292. The first-order valence-electron chi connectivity index (χ1n) is 10.5. The Kier molecular flexibility index (Phi) is 5.04. The summed E-state index contributed by atoms with van der Waals surface area (Å²) in [5.74, 6) is 0.0813. The van der Waals surface area contributed by atoms with Crippen LogP contribution in [0.25, 0.3) is 10.8 Å². The zero-order valence-corrected chi connectivity index (χ0v) is 18.2. The minimum Gasteiger partial charge on any atom is -0.340 e. The molecule has 0 radical (unpaired) electrons. The van der Waals surface area contributed by atoms with Gasteiger partial charge >= 0.3 is 0 Å². The summed E-state index contributed by atoms with van der Waals surface area (Å²) in [6.45, 7) is 4.31. The van der Waals surface area contributed by atoms with Gasteiger partial charge in [0.25, 0.3) is 0 Å². The molecule has 0 saturated carbocycles. The number of nitrogens with zero attached hydrogens (tertiary/aromatic N) is 2. The smallest absolute Gasteiger partial charge is 0.241 e.